The van der Waals surface area contributed by atoms with E-state index in [1.807, 2.05) is 0 Å². The molecule has 0 saturated carbocycles. The van der Waals surface area contributed by atoms with Crippen molar-refractivity contribution in [1.82, 2.24) is 14.5 Å². The summed E-state index contributed by atoms with van der Waals surface area (Å²) in [5, 5.41) is 3.70. The van der Waals surface area contributed by atoms with E-state index in [0.29, 0.717) is 18.1 Å². The zero-order valence-electron chi connectivity index (χ0n) is 13.5. The van der Waals surface area contributed by atoms with Crippen LogP contribution < -0.4 is 5.32 Å². The highest BCUT2D eigenvalue weighted by Gasteiger charge is 2.33. The number of sulfonamides is 1. The minimum absolute atomic E-state index is 0. The molecule has 1 N–H and O–H groups in total. The van der Waals surface area contributed by atoms with E-state index < -0.39 is 10.0 Å². The molecule has 0 bridgehead atoms. The monoisotopic (exact) mass is 427 g/mol. The second-order valence-electron chi connectivity index (χ2n) is 5.95. The Labute approximate surface area is 163 Å². The highest BCUT2D eigenvalue weighted by atomic mass is 35.5. The molecule has 0 spiro atoms. The van der Waals surface area contributed by atoms with Crippen LogP contribution in [-0.2, 0) is 14.8 Å². The zero-order chi connectivity index (χ0) is 17.3. The molecule has 0 aromatic heterocycles. The molecule has 25 heavy (non-hydrogen) atoms. The molecule has 0 radical (unpaired) electrons. The number of hydrogen-bond acceptors (Lipinski definition) is 4. The first-order chi connectivity index (χ1) is 11.4. The van der Waals surface area contributed by atoms with Crippen LogP contribution in [0.4, 0.5) is 0 Å². The third kappa shape index (κ3) is 4.40. The Morgan fingerprint density at radius 3 is 2.36 bits per heavy atom. The molecule has 2 fully saturated rings. The van der Waals surface area contributed by atoms with E-state index in [4.69, 9.17) is 23.2 Å². The quantitative estimate of drug-likeness (QED) is 0.799. The lowest BCUT2D eigenvalue weighted by Gasteiger charge is -2.35. The smallest absolute Gasteiger partial charge is 0.243 e. The van der Waals surface area contributed by atoms with Crippen molar-refractivity contribution >= 4 is 51.5 Å². The molecule has 2 aliphatic heterocycles. The number of amides is 1. The number of benzene rings is 1. The molecule has 2 aliphatic rings. The van der Waals surface area contributed by atoms with Gasteiger partial charge in [-0.2, -0.15) is 4.31 Å². The average molecular weight is 429 g/mol. The summed E-state index contributed by atoms with van der Waals surface area (Å²) in [4.78, 5) is 14.2. The average Bonchev–Trinajstić information content (AvgIpc) is 3.11. The molecular formula is C15H20Cl3N3O3S. The van der Waals surface area contributed by atoms with E-state index in [1.165, 1.54) is 22.5 Å². The summed E-state index contributed by atoms with van der Waals surface area (Å²) in [6.07, 6.45) is 1.85. The maximum atomic E-state index is 12.7. The Hall–Kier alpha value is -0.570. The van der Waals surface area contributed by atoms with Crippen molar-refractivity contribution in [3.63, 3.8) is 0 Å². The highest BCUT2D eigenvalue weighted by Crippen LogP contribution is 2.27. The molecule has 0 aliphatic carbocycles. The molecule has 1 amide bonds. The van der Waals surface area contributed by atoms with Crippen LogP contribution in [-0.4, -0.2) is 62.3 Å². The lowest BCUT2D eigenvalue weighted by Crippen LogP contribution is -2.54. The van der Waals surface area contributed by atoms with Gasteiger partial charge in [-0.1, -0.05) is 23.2 Å². The topological polar surface area (TPSA) is 69.7 Å². The van der Waals surface area contributed by atoms with Crippen LogP contribution in [0.5, 0.6) is 0 Å². The van der Waals surface area contributed by atoms with Crippen LogP contribution in [0.1, 0.15) is 12.8 Å². The second-order valence-corrected chi connectivity index (χ2v) is 8.71. The first-order valence-electron chi connectivity index (χ1n) is 7.87. The number of nitrogens with zero attached hydrogens (tertiary/aromatic N) is 2. The molecule has 1 aromatic carbocycles. The Morgan fingerprint density at radius 1 is 1.12 bits per heavy atom. The highest BCUT2D eigenvalue weighted by molar-refractivity contribution is 7.89. The molecule has 140 valence electrons. The summed E-state index contributed by atoms with van der Waals surface area (Å²) in [5.41, 5.74) is 0. The fraction of sp³-hybridized carbons (Fsp3) is 0.533. The third-order valence-electron chi connectivity index (χ3n) is 4.44. The maximum absolute atomic E-state index is 12.7. The molecule has 1 aromatic rings. The fourth-order valence-corrected chi connectivity index (χ4v) is 4.86. The van der Waals surface area contributed by atoms with E-state index in [0.717, 1.165) is 19.4 Å². The lowest BCUT2D eigenvalue weighted by molar-refractivity contribution is -0.134. The number of hydrogen-bond donors (Lipinski definition) is 1. The van der Waals surface area contributed by atoms with E-state index in [2.05, 4.69) is 5.32 Å². The van der Waals surface area contributed by atoms with E-state index in [1.54, 1.807) is 4.90 Å². The van der Waals surface area contributed by atoms with Gasteiger partial charge < -0.3 is 10.2 Å². The Kier molecular flexibility index (Phi) is 6.98. The van der Waals surface area contributed by atoms with E-state index >= 15 is 0 Å². The molecule has 3 rings (SSSR count). The van der Waals surface area contributed by atoms with Gasteiger partial charge in [-0.05, 0) is 37.6 Å². The minimum atomic E-state index is -3.63. The Balaban J connectivity index is 0.00000225. The van der Waals surface area contributed by atoms with Crippen molar-refractivity contribution in [1.29, 1.82) is 0 Å². The molecule has 2 saturated heterocycles. The predicted molar refractivity (Wildman–Crippen MR) is 100 cm³/mol. The SMILES string of the molecule is Cl.O=C(C1CCCN1)N1CCN(S(=O)(=O)c2ccc(Cl)c(Cl)c2)CC1. The molecule has 6 nitrogen and oxygen atoms in total. The summed E-state index contributed by atoms with van der Waals surface area (Å²) in [6.45, 7) is 2.22. The Morgan fingerprint density at radius 2 is 1.80 bits per heavy atom. The third-order valence-corrected chi connectivity index (χ3v) is 7.07. The van der Waals surface area contributed by atoms with Crippen molar-refractivity contribution in [2.75, 3.05) is 32.7 Å². The van der Waals surface area contributed by atoms with Crippen LogP contribution in [0.2, 0.25) is 10.0 Å². The first-order valence-corrected chi connectivity index (χ1v) is 10.1. The summed E-state index contributed by atoms with van der Waals surface area (Å²) < 4.78 is 26.8. The molecule has 1 atom stereocenters. The van der Waals surface area contributed by atoms with Gasteiger partial charge in [-0.3, -0.25) is 4.79 Å². The van der Waals surface area contributed by atoms with Crippen molar-refractivity contribution in [2.24, 2.45) is 0 Å². The van der Waals surface area contributed by atoms with Gasteiger partial charge in [0.05, 0.1) is 21.0 Å². The van der Waals surface area contributed by atoms with E-state index in [-0.39, 0.29) is 47.4 Å². The summed E-state index contributed by atoms with van der Waals surface area (Å²) >= 11 is 11.8. The van der Waals surface area contributed by atoms with Gasteiger partial charge in [0.15, 0.2) is 0 Å². The van der Waals surface area contributed by atoms with Gasteiger partial charge in [-0.15, -0.1) is 12.4 Å². The first kappa shape index (κ1) is 20.7. The van der Waals surface area contributed by atoms with Gasteiger partial charge in [0.2, 0.25) is 15.9 Å². The molecule has 1 unspecified atom stereocenters. The van der Waals surface area contributed by atoms with Crippen LogP contribution in [0, 0.1) is 0 Å². The standard InChI is InChI=1S/C15H19Cl2N3O3S.ClH/c16-12-4-3-11(10-13(12)17)24(22,23)20-8-6-19(7-9-20)15(21)14-2-1-5-18-14;/h3-4,10,14,18H,1-2,5-9H2;1H. The molecule has 2 heterocycles. The van der Waals surface area contributed by atoms with Gasteiger partial charge in [0, 0.05) is 26.2 Å². The van der Waals surface area contributed by atoms with Crippen molar-refractivity contribution in [3.8, 4) is 0 Å². The van der Waals surface area contributed by atoms with Gasteiger partial charge in [0.1, 0.15) is 0 Å². The van der Waals surface area contributed by atoms with Crippen molar-refractivity contribution in [3.05, 3.63) is 28.2 Å². The van der Waals surface area contributed by atoms with Crippen molar-refractivity contribution < 1.29 is 13.2 Å². The van der Waals surface area contributed by atoms with Gasteiger partial charge in [0.25, 0.3) is 0 Å². The van der Waals surface area contributed by atoms with Crippen molar-refractivity contribution in [2.45, 2.75) is 23.8 Å². The van der Waals surface area contributed by atoms with Gasteiger partial charge in [-0.25, -0.2) is 8.42 Å². The number of rotatable bonds is 3. The number of halogens is 3. The largest absolute Gasteiger partial charge is 0.339 e. The fourth-order valence-electron chi connectivity index (χ4n) is 3.05. The zero-order valence-corrected chi connectivity index (χ0v) is 16.6. The van der Waals surface area contributed by atoms with Crippen LogP contribution in [0.3, 0.4) is 0 Å². The normalized spacial score (nSPS) is 21.8. The number of piperazine rings is 1. The molecule has 10 heteroatoms. The predicted octanol–water partition coefficient (Wildman–Crippen LogP) is 2.00. The van der Waals surface area contributed by atoms with Crippen LogP contribution in [0.15, 0.2) is 23.1 Å². The summed E-state index contributed by atoms with van der Waals surface area (Å²) in [6, 6.07) is 4.16. The maximum Gasteiger partial charge on any atom is 0.243 e. The lowest BCUT2D eigenvalue weighted by atomic mass is 10.2. The van der Waals surface area contributed by atoms with Crippen LogP contribution >= 0.6 is 35.6 Å². The Bertz CT molecular complexity index is 731. The number of carbonyl (C=O) groups is 1. The summed E-state index contributed by atoms with van der Waals surface area (Å²) in [7, 11) is -3.63. The van der Waals surface area contributed by atoms with Crippen LogP contribution in [0.25, 0.3) is 0 Å². The number of nitrogens with one attached hydrogen (secondary N) is 1. The number of carbonyl (C=O) groups excluding carboxylic acids is 1. The molecular weight excluding hydrogens is 409 g/mol. The van der Waals surface area contributed by atoms with E-state index in [9.17, 15) is 13.2 Å². The summed E-state index contributed by atoms with van der Waals surface area (Å²) in [5.74, 6) is 0.0686. The second kappa shape index (κ2) is 8.41. The van der Waals surface area contributed by atoms with Gasteiger partial charge >= 0.3 is 0 Å². The minimum Gasteiger partial charge on any atom is -0.339 e.